The number of aromatic nitrogens is 2. The molecule has 0 atom stereocenters. The van der Waals surface area contributed by atoms with Crippen molar-refractivity contribution in [3.8, 4) is 0 Å². The lowest BCUT2D eigenvalue weighted by Gasteiger charge is -2.04. The summed E-state index contributed by atoms with van der Waals surface area (Å²) in [5, 5.41) is 3.78. The average Bonchev–Trinajstić information content (AvgIpc) is 2.66. The van der Waals surface area contributed by atoms with Crippen LogP contribution in [0.15, 0.2) is 18.2 Å². The number of halogens is 1. The Labute approximate surface area is 97.5 Å². The van der Waals surface area contributed by atoms with Crippen molar-refractivity contribution < 1.29 is 4.39 Å². The fraction of sp³-hybridized carbons (Fsp3) is 0.273. The summed E-state index contributed by atoms with van der Waals surface area (Å²) < 4.78 is 17.4. The number of anilines is 1. The number of nitrogens with one attached hydrogen (secondary N) is 1. The predicted molar refractivity (Wildman–Crippen MR) is 63.1 cm³/mol. The molecule has 0 saturated carbocycles. The summed E-state index contributed by atoms with van der Waals surface area (Å²) in [7, 11) is 0. The van der Waals surface area contributed by atoms with Crippen LogP contribution in [-0.2, 0) is 6.54 Å². The van der Waals surface area contributed by atoms with E-state index in [1.807, 2.05) is 19.9 Å². The molecule has 0 aliphatic rings. The highest BCUT2D eigenvalue weighted by Gasteiger charge is 2.04. The number of hydrogen-bond acceptors (Lipinski definition) is 4. The Hall–Kier alpha value is -1.49. The second-order valence-electron chi connectivity index (χ2n) is 3.60. The average molecular weight is 237 g/mol. The molecule has 1 heterocycles. The second kappa shape index (κ2) is 4.57. The third-order valence-corrected chi connectivity index (χ3v) is 2.92. The van der Waals surface area contributed by atoms with Gasteiger partial charge in [0, 0.05) is 23.6 Å². The van der Waals surface area contributed by atoms with Crippen molar-refractivity contribution in [2.75, 3.05) is 5.32 Å². The Morgan fingerprint density at radius 1 is 1.38 bits per heavy atom. The Morgan fingerprint density at radius 2 is 2.19 bits per heavy atom. The quantitative estimate of drug-likeness (QED) is 0.892. The number of nitrogens with zero attached hydrogens (tertiary/aromatic N) is 2. The molecule has 0 spiro atoms. The van der Waals surface area contributed by atoms with Crippen LogP contribution in [0.2, 0.25) is 0 Å². The van der Waals surface area contributed by atoms with Crippen LogP contribution >= 0.6 is 11.5 Å². The largest absolute Gasteiger partial charge is 0.356 e. The lowest BCUT2D eigenvalue weighted by Crippen LogP contribution is -2.01. The number of hydrogen-bond donors (Lipinski definition) is 1. The van der Waals surface area contributed by atoms with Gasteiger partial charge in [0.1, 0.15) is 11.6 Å². The van der Waals surface area contributed by atoms with Crippen molar-refractivity contribution in [1.29, 1.82) is 0 Å². The van der Waals surface area contributed by atoms with Gasteiger partial charge in [0.05, 0.1) is 0 Å². The summed E-state index contributed by atoms with van der Waals surface area (Å²) >= 11 is 1.28. The molecule has 2 rings (SSSR count). The summed E-state index contributed by atoms with van der Waals surface area (Å²) in [5.41, 5.74) is 1.69. The van der Waals surface area contributed by atoms with Gasteiger partial charge in [-0.1, -0.05) is 17.7 Å². The van der Waals surface area contributed by atoms with Crippen LogP contribution in [0.4, 0.5) is 9.52 Å². The topological polar surface area (TPSA) is 37.8 Å². The summed E-state index contributed by atoms with van der Waals surface area (Å²) in [6.07, 6.45) is 0. The Kier molecular flexibility index (Phi) is 3.14. The number of aryl methyl sites for hydroxylation is 2. The molecule has 0 radical (unpaired) electrons. The molecule has 5 heteroatoms. The molecule has 0 aliphatic heterocycles. The van der Waals surface area contributed by atoms with Crippen LogP contribution in [0, 0.1) is 19.7 Å². The first-order valence-corrected chi connectivity index (χ1v) is 5.72. The first-order chi connectivity index (χ1) is 7.65. The molecule has 2 aromatic rings. The van der Waals surface area contributed by atoms with Gasteiger partial charge >= 0.3 is 0 Å². The standard InChI is InChI=1S/C11H12FN3S/c1-7-3-4-10(12)9(5-7)6-13-11-14-8(2)15-16-11/h3-5H,6H2,1-2H3,(H,13,14,15). The molecule has 1 aromatic carbocycles. The molecule has 1 N–H and O–H groups in total. The molecule has 0 amide bonds. The van der Waals surface area contributed by atoms with Crippen LogP contribution in [0.5, 0.6) is 0 Å². The van der Waals surface area contributed by atoms with E-state index in [9.17, 15) is 4.39 Å². The summed E-state index contributed by atoms with van der Waals surface area (Å²) in [4.78, 5) is 4.15. The van der Waals surface area contributed by atoms with Crippen LogP contribution in [0.25, 0.3) is 0 Å². The minimum absolute atomic E-state index is 0.195. The second-order valence-corrected chi connectivity index (χ2v) is 4.35. The van der Waals surface area contributed by atoms with Gasteiger partial charge < -0.3 is 5.32 Å². The first kappa shape index (κ1) is 11.0. The monoisotopic (exact) mass is 237 g/mol. The van der Waals surface area contributed by atoms with Gasteiger partial charge in [-0.3, -0.25) is 0 Å². The van der Waals surface area contributed by atoms with Crippen molar-refractivity contribution in [2.24, 2.45) is 0 Å². The van der Waals surface area contributed by atoms with Gasteiger partial charge in [-0.2, -0.15) is 4.37 Å². The van der Waals surface area contributed by atoms with Crippen LogP contribution < -0.4 is 5.32 Å². The highest BCUT2D eigenvalue weighted by Crippen LogP contribution is 2.14. The van der Waals surface area contributed by atoms with Gasteiger partial charge in [0.2, 0.25) is 5.13 Å². The Morgan fingerprint density at radius 3 is 2.88 bits per heavy atom. The minimum Gasteiger partial charge on any atom is -0.356 e. The first-order valence-electron chi connectivity index (χ1n) is 4.94. The summed E-state index contributed by atoms with van der Waals surface area (Å²) in [6, 6.07) is 5.07. The number of benzene rings is 1. The van der Waals surface area contributed by atoms with E-state index in [0.717, 1.165) is 16.5 Å². The zero-order valence-corrected chi connectivity index (χ0v) is 9.94. The highest BCUT2D eigenvalue weighted by atomic mass is 32.1. The fourth-order valence-corrected chi connectivity index (χ4v) is 1.95. The molecule has 0 saturated heterocycles. The van der Waals surface area contributed by atoms with Crippen molar-refractivity contribution in [2.45, 2.75) is 20.4 Å². The highest BCUT2D eigenvalue weighted by molar-refractivity contribution is 7.09. The van der Waals surface area contributed by atoms with E-state index < -0.39 is 0 Å². The van der Waals surface area contributed by atoms with E-state index in [-0.39, 0.29) is 5.82 Å². The third kappa shape index (κ3) is 2.55. The molecular formula is C11H12FN3S. The van der Waals surface area contributed by atoms with Crippen LogP contribution in [0.3, 0.4) is 0 Å². The maximum absolute atomic E-state index is 13.4. The normalized spacial score (nSPS) is 10.4. The van der Waals surface area contributed by atoms with Crippen molar-refractivity contribution in [3.63, 3.8) is 0 Å². The lowest BCUT2D eigenvalue weighted by atomic mass is 10.1. The molecule has 84 valence electrons. The van der Waals surface area contributed by atoms with Crippen LogP contribution in [-0.4, -0.2) is 9.36 Å². The maximum Gasteiger partial charge on any atom is 0.202 e. The third-order valence-electron chi connectivity index (χ3n) is 2.16. The smallest absolute Gasteiger partial charge is 0.202 e. The molecule has 0 unspecified atom stereocenters. The minimum atomic E-state index is -0.195. The van der Waals surface area contributed by atoms with Crippen molar-refractivity contribution in [1.82, 2.24) is 9.36 Å². The van der Waals surface area contributed by atoms with Crippen molar-refractivity contribution in [3.05, 3.63) is 41.0 Å². The van der Waals surface area contributed by atoms with E-state index in [1.54, 1.807) is 6.07 Å². The zero-order valence-electron chi connectivity index (χ0n) is 9.12. The van der Waals surface area contributed by atoms with E-state index >= 15 is 0 Å². The molecule has 0 aliphatic carbocycles. The number of rotatable bonds is 3. The Bertz CT molecular complexity index is 496. The van der Waals surface area contributed by atoms with Crippen LogP contribution in [0.1, 0.15) is 17.0 Å². The van der Waals surface area contributed by atoms with Gasteiger partial charge in [0.15, 0.2) is 0 Å². The van der Waals surface area contributed by atoms with E-state index in [2.05, 4.69) is 14.7 Å². The van der Waals surface area contributed by atoms with Gasteiger partial charge in [-0.05, 0) is 19.9 Å². The molecule has 3 nitrogen and oxygen atoms in total. The molecule has 0 bridgehead atoms. The SMILES string of the molecule is Cc1ccc(F)c(CNc2nc(C)ns2)c1. The van der Waals surface area contributed by atoms with E-state index in [1.165, 1.54) is 17.6 Å². The molecule has 1 aromatic heterocycles. The summed E-state index contributed by atoms with van der Waals surface area (Å²) in [6.45, 7) is 4.20. The van der Waals surface area contributed by atoms with E-state index in [4.69, 9.17) is 0 Å². The predicted octanol–water partition coefficient (Wildman–Crippen LogP) is 2.91. The van der Waals surface area contributed by atoms with E-state index in [0.29, 0.717) is 12.1 Å². The molecule has 0 fully saturated rings. The molecular weight excluding hydrogens is 225 g/mol. The summed E-state index contributed by atoms with van der Waals surface area (Å²) in [5.74, 6) is 0.538. The Balaban J connectivity index is 2.07. The van der Waals surface area contributed by atoms with Gasteiger partial charge in [0.25, 0.3) is 0 Å². The van der Waals surface area contributed by atoms with Gasteiger partial charge in [-0.15, -0.1) is 0 Å². The van der Waals surface area contributed by atoms with Gasteiger partial charge in [-0.25, -0.2) is 9.37 Å². The molecule has 16 heavy (non-hydrogen) atoms. The van der Waals surface area contributed by atoms with Crippen molar-refractivity contribution >= 4 is 16.7 Å². The maximum atomic E-state index is 13.4. The zero-order chi connectivity index (χ0) is 11.5. The fourth-order valence-electron chi connectivity index (χ4n) is 1.38. The lowest BCUT2D eigenvalue weighted by molar-refractivity contribution is 0.612.